The summed E-state index contributed by atoms with van der Waals surface area (Å²) in [4.78, 5) is 13.4. The molecular formula is C10H9F2N5O2. The second kappa shape index (κ2) is 4.96. The molecule has 0 unspecified atom stereocenters. The van der Waals surface area contributed by atoms with Gasteiger partial charge in [-0.15, -0.1) is 0 Å². The molecule has 1 aromatic carbocycles. The molecule has 2 aromatic rings. The van der Waals surface area contributed by atoms with Crippen molar-refractivity contribution in [2.24, 2.45) is 7.05 Å². The molecule has 0 aliphatic carbocycles. The predicted molar refractivity (Wildman–Crippen MR) is 61.3 cm³/mol. The molecule has 7 nitrogen and oxygen atoms in total. The van der Waals surface area contributed by atoms with Crippen molar-refractivity contribution in [2.45, 2.75) is 6.54 Å². The predicted octanol–water partition coefficient (Wildman–Crippen LogP) is 1.61. The number of non-ortho nitro benzene ring substituents is 1. The van der Waals surface area contributed by atoms with Crippen LogP contribution in [0, 0.1) is 21.7 Å². The molecule has 1 heterocycles. The zero-order valence-corrected chi connectivity index (χ0v) is 9.80. The average Bonchev–Trinajstić information content (AvgIpc) is 2.73. The highest BCUT2D eigenvalue weighted by atomic mass is 19.1. The minimum absolute atomic E-state index is 0.00644. The molecule has 2 rings (SSSR count). The van der Waals surface area contributed by atoms with Crippen molar-refractivity contribution >= 4 is 11.4 Å². The van der Waals surface area contributed by atoms with Crippen LogP contribution < -0.4 is 5.32 Å². The summed E-state index contributed by atoms with van der Waals surface area (Å²) in [6, 6.07) is 1.30. The minimum Gasteiger partial charge on any atom is -0.373 e. The Hall–Kier alpha value is -2.58. The number of hydrogen-bond donors (Lipinski definition) is 1. The molecule has 0 aliphatic rings. The van der Waals surface area contributed by atoms with E-state index in [1.165, 1.54) is 11.0 Å². The summed E-state index contributed by atoms with van der Waals surface area (Å²) < 4.78 is 28.5. The number of hydrogen-bond acceptors (Lipinski definition) is 5. The largest absolute Gasteiger partial charge is 0.373 e. The fraction of sp³-hybridized carbons (Fsp3) is 0.200. The first-order valence-corrected chi connectivity index (χ1v) is 5.19. The van der Waals surface area contributed by atoms with Crippen LogP contribution in [-0.2, 0) is 13.6 Å². The monoisotopic (exact) mass is 269 g/mol. The number of benzene rings is 1. The van der Waals surface area contributed by atoms with Crippen LogP contribution in [0.15, 0.2) is 18.5 Å². The highest BCUT2D eigenvalue weighted by molar-refractivity contribution is 5.51. The third-order valence-corrected chi connectivity index (χ3v) is 2.31. The molecule has 1 aromatic heterocycles. The standard InChI is InChI=1S/C10H9F2N5O2/c1-16-5-14-9(15-16)4-13-10-7(11)2-6(17(18)19)3-8(10)12/h2-3,5,13H,4H2,1H3. The van der Waals surface area contributed by atoms with Gasteiger partial charge in [-0.05, 0) is 0 Å². The second-order valence-corrected chi connectivity index (χ2v) is 3.73. The molecule has 0 radical (unpaired) electrons. The number of nitro benzene ring substituents is 1. The summed E-state index contributed by atoms with van der Waals surface area (Å²) in [6.07, 6.45) is 1.44. The van der Waals surface area contributed by atoms with Crippen molar-refractivity contribution in [3.63, 3.8) is 0 Å². The summed E-state index contributed by atoms with van der Waals surface area (Å²) in [5.74, 6) is -1.73. The van der Waals surface area contributed by atoms with E-state index in [1.54, 1.807) is 7.05 Å². The van der Waals surface area contributed by atoms with E-state index in [4.69, 9.17) is 0 Å². The van der Waals surface area contributed by atoms with E-state index >= 15 is 0 Å². The Balaban J connectivity index is 2.18. The highest BCUT2D eigenvalue weighted by Gasteiger charge is 2.17. The minimum atomic E-state index is -1.04. The topological polar surface area (TPSA) is 85.9 Å². The van der Waals surface area contributed by atoms with Crippen LogP contribution in [0.5, 0.6) is 0 Å². The molecule has 19 heavy (non-hydrogen) atoms. The first-order chi connectivity index (χ1) is 8.97. The number of nitrogens with zero attached hydrogens (tertiary/aromatic N) is 4. The van der Waals surface area contributed by atoms with Gasteiger partial charge in [0.2, 0.25) is 0 Å². The number of halogens is 2. The second-order valence-electron chi connectivity index (χ2n) is 3.73. The molecule has 0 spiro atoms. The van der Waals surface area contributed by atoms with Gasteiger partial charge in [0.25, 0.3) is 5.69 Å². The van der Waals surface area contributed by atoms with E-state index in [1.807, 2.05) is 0 Å². The fourth-order valence-electron chi connectivity index (χ4n) is 1.47. The lowest BCUT2D eigenvalue weighted by molar-refractivity contribution is -0.385. The smallest absolute Gasteiger partial charge is 0.275 e. The molecule has 0 fully saturated rings. The molecule has 0 bridgehead atoms. The molecule has 0 aliphatic heterocycles. The van der Waals surface area contributed by atoms with Crippen LogP contribution in [0.1, 0.15) is 5.82 Å². The molecule has 0 saturated carbocycles. The number of anilines is 1. The first-order valence-electron chi connectivity index (χ1n) is 5.19. The Bertz CT molecular complexity index is 605. The number of rotatable bonds is 4. The fourth-order valence-corrected chi connectivity index (χ4v) is 1.47. The van der Waals surface area contributed by atoms with Crippen molar-refractivity contribution in [1.82, 2.24) is 14.8 Å². The third kappa shape index (κ3) is 2.81. The summed E-state index contributed by atoms with van der Waals surface area (Å²) in [6.45, 7) is 0.00644. The van der Waals surface area contributed by atoms with Gasteiger partial charge in [0, 0.05) is 7.05 Å². The average molecular weight is 269 g/mol. The Morgan fingerprint density at radius 1 is 1.42 bits per heavy atom. The van der Waals surface area contributed by atoms with Gasteiger partial charge >= 0.3 is 0 Å². The summed E-state index contributed by atoms with van der Waals surface area (Å²) in [7, 11) is 1.66. The van der Waals surface area contributed by atoms with Crippen LogP contribution in [0.2, 0.25) is 0 Å². The van der Waals surface area contributed by atoms with Crippen LogP contribution >= 0.6 is 0 Å². The zero-order chi connectivity index (χ0) is 14.0. The maximum atomic E-state index is 13.5. The van der Waals surface area contributed by atoms with Gasteiger partial charge in [0.05, 0.1) is 23.6 Å². The first kappa shape index (κ1) is 12.9. The van der Waals surface area contributed by atoms with Gasteiger partial charge in [0.1, 0.15) is 12.0 Å². The van der Waals surface area contributed by atoms with E-state index in [0.29, 0.717) is 18.0 Å². The number of aryl methyl sites for hydroxylation is 1. The Morgan fingerprint density at radius 2 is 2.05 bits per heavy atom. The van der Waals surface area contributed by atoms with Crippen LogP contribution in [-0.4, -0.2) is 19.7 Å². The van der Waals surface area contributed by atoms with Gasteiger partial charge < -0.3 is 5.32 Å². The van der Waals surface area contributed by atoms with Gasteiger partial charge in [-0.1, -0.05) is 0 Å². The van der Waals surface area contributed by atoms with Crippen molar-refractivity contribution in [2.75, 3.05) is 5.32 Å². The van der Waals surface area contributed by atoms with Crippen LogP contribution in [0.4, 0.5) is 20.2 Å². The maximum Gasteiger partial charge on any atom is 0.275 e. The summed E-state index contributed by atoms with van der Waals surface area (Å²) in [5, 5.41) is 16.8. The zero-order valence-electron chi connectivity index (χ0n) is 9.80. The van der Waals surface area contributed by atoms with E-state index in [9.17, 15) is 18.9 Å². The van der Waals surface area contributed by atoms with E-state index in [0.717, 1.165) is 0 Å². The van der Waals surface area contributed by atoms with Gasteiger partial charge in [0.15, 0.2) is 17.5 Å². The van der Waals surface area contributed by atoms with E-state index < -0.39 is 27.9 Å². The maximum absolute atomic E-state index is 13.5. The normalized spacial score (nSPS) is 10.5. The van der Waals surface area contributed by atoms with Gasteiger partial charge in [-0.3, -0.25) is 14.8 Å². The van der Waals surface area contributed by atoms with Crippen molar-refractivity contribution in [3.8, 4) is 0 Å². The third-order valence-electron chi connectivity index (χ3n) is 2.31. The molecule has 0 saturated heterocycles. The molecule has 1 N–H and O–H groups in total. The van der Waals surface area contributed by atoms with E-state index in [2.05, 4.69) is 15.4 Å². The molecule has 0 amide bonds. The van der Waals surface area contributed by atoms with E-state index in [-0.39, 0.29) is 6.54 Å². The van der Waals surface area contributed by atoms with Crippen molar-refractivity contribution in [3.05, 3.63) is 46.0 Å². The highest BCUT2D eigenvalue weighted by Crippen LogP contribution is 2.24. The SMILES string of the molecule is Cn1cnc(CNc2c(F)cc([N+](=O)[O-])cc2F)n1. The Labute approximate surface area is 106 Å². The number of aromatic nitrogens is 3. The van der Waals surface area contributed by atoms with Crippen molar-refractivity contribution < 1.29 is 13.7 Å². The lowest BCUT2D eigenvalue weighted by Crippen LogP contribution is -2.06. The lowest BCUT2D eigenvalue weighted by atomic mass is 10.2. The Morgan fingerprint density at radius 3 is 2.53 bits per heavy atom. The van der Waals surface area contributed by atoms with Gasteiger partial charge in [-0.2, -0.15) is 5.10 Å². The van der Waals surface area contributed by atoms with Crippen molar-refractivity contribution in [1.29, 1.82) is 0 Å². The lowest BCUT2D eigenvalue weighted by Gasteiger charge is -2.06. The number of nitrogens with one attached hydrogen (secondary N) is 1. The van der Waals surface area contributed by atoms with Crippen LogP contribution in [0.3, 0.4) is 0 Å². The molecular weight excluding hydrogens is 260 g/mol. The molecule has 9 heteroatoms. The van der Waals surface area contributed by atoms with Crippen LogP contribution in [0.25, 0.3) is 0 Å². The Kier molecular flexibility index (Phi) is 3.36. The summed E-state index contributed by atoms with van der Waals surface area (Å²) in [5.41, 5.74) is -1.09. The molecule has 0 atom stereocenters. The summed E-state index contributed by atoms with van der Waals surface area (Å²) >= 11 is 0. The van der Waals surface area contributed by atoms with Gasteiger partial charge in [-0.25, -0.2) is 13.8 Å². The molecule has 100 valence electrons. The number of nitro groups is 1. The quantitative estimate of drug-likeness (QED) is 0.673.